The highest BCUT2D eigenvalue weighted by Gasteiger charge is 2.12. The smallest absolute Gasteiger partial charge is 0.337 e. The number of rotatable bonds is 3. The topological polar surface area (TPSA) is 75.3 Å². The molecular weight excluding hydrogens is 247 g/mol. The molecule has 0 aromatic heterocycles. The number of halogens is 1. The SMILES string of the molecule is Cc1ccc(Nc2cc(N)ccc2C(=O)O)c(F)c1. The Morgan fingerprint density at radius 3 is 2.58 bits per heavy atom. The average Bonchev–Trinajstić information content (AvgIpc) is 2.32. The molecule has 0 aliphatic carbocycles. The molecule has 0 unspecified atom stereocenters. The molecule has 4 N–H and O–H groups in total. The van der Waals surface area contributed by atoms with E-state index >= 15 is 0 Å². The lowest BCUT2D eigenvalue weighted by atomic mass is 10.1. The number of carbonyl (C=O) groups is 1. The Morgan fingerprint density at radius 1 is 1.21 bits per heavy atom. The minimum absolute atomic E-state index is 0.0363. The van der Waals surface area contributed by atoms with Crippen LogP contribution in [0.5, 0.6) is 0 Å². The zero-order valence-corrected chi connectivity index (χ0v) is 10.3. The summed E-state index contributed by atoms with van der Waals surface area (Å²) in [5, 5.41) is 11.8. The number of aromatic carboxylic acids is 1. The summed E-state index contributed by atoms with van der Waals surface area (Å²) >= 11 is 0. The van der Waals surface area contributed by atoms with Gasteiger partial charge in [0, 0.05) is 5.69 Å². The standard InChI is InChI=1S/C14H13FN2O2/c1-8-2-5-12(11(15)6-8)17-13-7-9(16)3-4-10(13)14(18)19/h2-7,17H,16H2,1H3,(H,18,19). The number of hydrogen-bond acceptors (Lipinski definition) is 3. The number of aryl methyl sites for hydroxylation is 1. The maximum atomic E-state index is 13.7. The van der Waals surface area contributed by atoms with Crippen molar-refractivity contribution in [3.05, 3.63) is 53.3 Å². The quantitative estimate of drug-likeness (QED) is 0.741. The number of hydrogen-bond donors (Lipinski definition) is 3. The van der Waals surface area contributed by atoms with Gasteiger partial charge in [0.05, 0.1) is 16.9 Å². The van der Waals surface area contributed by atoms with Crippen molar-refractivity contribution in [1.82, 2.24) is 0 Å². The first-order valence-corrected chi connectivity index (χ1v) is 5.63. The van der Waals surface area contributed by atoms with Gasteiger partial charge in [0.2, 0.25) is 0 Å². The normalized spacial score (nSPS) is 10.2. The summed E-state index contributed by atoms with van der Waals surface area (Å²) in [5.41, 5.74) is 7.31. The van der Waals surface area contributed by atoms with E-state index in [1.165, 1.54) is 24.3 Å². The molecular formula is C14H13FN2O2. The highest BCUT2D eigenvalue weighted by Crippen LogP contribution is 2.25. The number of carboxylic acids is 1. The number of anilines is 3. The van der Waals surface area contributed by atoms with E-state index in [9.17, 15) is 9.18 Å². The van der Waals surface area contributed by atoms with Crippen molar-refractivity contribution in [2.24, 2.45) is 0 Å². The van der Waals surface area contributed by atoms with Gasteiger partial charge in [-0.05, 0) is 42.8 Å². The lowest BCUT2D eigenvalue weighted by Gasteiger charge is -2.11. The summed E-state index contributed by atoms with van der Waals surface area (Å²) in [5.74, 6) is -1.55. The van der Waals surface area contributed by atoms with E-state index in [0.29, 0.717) is 5.69 Å². The summed E-state index contributed by atoms with van der Waals surface area (Å²) in [7, 11) is 0. The van der Waals surface area contributed by atoms with Gasteiger partial charge >= 0.3 is 5.97 Å². The molecule has 0 atom stereocenters. The van der Waals surface area contributed by atoms with E-state index in [1.54, 1.807) is 19.1 Å². The maximum absolute atomic E-state index is 13.7. The van der Waals surface area contributed by atoms with Gasteiger partial charge < -0.3 is 16.2 Å². The maximum Gasteiger partial charge on any atom is 0.337 e. The van der Waals surface area contributed by atoms with E-state index < -0.39 is 11.8 Å². The predicted octanol–water partition coefficient (Wildman–Crippen LogP) is 3.16. The summed E-state index contributed by atoms with van der Waals surface area (Å²) in [4.78, 5) is 11.1. The number of benzene rings is 2. The van der Waals surface area contributed by atoms with Crippen LogP contribution < -0.4 is 11.1 Å². The Morgan fingerprint density at radius 2 is 1.95 bits per heavy atom. The first kappa shape index (κ1) is 12.9. The number of nitrogens with two attached hydrogens (primary N) is 1. The molecule has 98 valence electrons. The molecule has 0 heterocycles. The van der Waals surface area contributed by atoms with E-state index in [1.807, 2.05) is 0 Å². The molecule has 4 nitrogen and oxygen atoms in total. The highest BCUT2D eigenvalue weighted by molar-refractivity contribution is 5.96. The van der Waals surface area contributed by atoms with E-state index in [0.717, 1.165) is 5.56 Å². The third-order valence-corrected chi connectivity index (χ3v) is 2.67. The molecule has 19 heavy (non-hydrogen) atoms. The second-order valence-corrected chi connectivity index (χ2v) is 4.22. The number of carboxylic acid groups (broad SMARTS) is 1. The first-order chi connectivity index (χ1) is 8.97. The predicted molar refractivity (Wildman–Crippen MR) is 72.2 cm³/mol. The van der Waals surface area contributed by atoms with Gasteiger partial charge in [-0.3, -0.25) is 0 Å². The average molecular weight is 260 g/mol. The molecule has 0 amide bonds. The number of nitrogen functional groups attached to an aromatic ring is 1. The monoisotopic (exact) mass is 260 g/mol. The van der Waals surface area contributed by atoms with Crippen LogP contribution in [0.15, 0.2) is 36.4 Å². The molecule has 0 saturated heterocycles. The fourth-order valence-corrected chi connectivity index (χ4v) is 1.72. The van der Waals surface area contributed by atoms with Crippen molar-refractivity contribution in [3.8, 4) is 0 Å². The summed E-state index contributed by atoms with van der Waals surface area (Å²) in [6.45, 7) is 1.77. The van der Waals surface area contributed by atoms with Crippen LogP contribution >= 0.6 is 0 Å². The van der Waals surface area contributed by atoms with Crippen molar-refractivity contribution in [2.45, 2.75) is 6.92 Å². The van der Waals surface area contributed by atoms with E-state index in [-0.39, 0.29) is 16.9 Å². The fourth-order valence-electron chi connectivity index (χ4n) is 1.72. The van der Waals surface area contributed by atoms with Gasteiger partial charge in [-0.2, -0.15) is 0 Å². The van der Waals surface area contributed by atoms with Crippen LogP contribution in [0.3, 0.4) is 0 Å². The van der Waals surface area contributed by atoms with Crippen LogP contribution in [0.25, 0.3) is 0 Å². The van der Waals surface area contributed by atoms with Crippen molar-refractivity contribution >= 4 is 23.0 Å². The minimum Gasteiger partial charge on any atom is -0.478 e. The second-order valence-electron chi connectivity index (χ2n) is 4.22. The molecule has 0 radical (unpaired) electrons. The van der Waals surface area contributed by atoms with Crippen LogP contribution in [0.2, 0.25) is 0 Å². The molecule has 0 aliphatic heterocycles. The van der Waals surface area contributed by atoms with Gasteiger partial charge in [-0.15, -0.1) is 0 Å². The molecule has 2 aromatic carbocycles. The molecule has 0 fully saturated rings. The Labute approximate surface area is 109 Å². The molecule has 0 bridgehead atoms. The Hall–Kier alpha value is -2.56. The fraction of sp³-hybridized carbons (Fsp3) is 0.0714. The summed E-state index contributed by atoms with van der Waals surface area (Å²) < 4.78 is 13.7. The van der Waals surface area contributed by atoms with Gasteiger partial charge in [0.25, 0.3) is 0 Å². The van der Waals surface area contributed by atoms with Gasteiger partial charge in [-0.25, -0.2) is 9.18 Å². The van der Waals surface area contributed by atoms with E-state index in [4.69, 9.17) is 10.8 Å². The van der Waals surface area contributed by atoms with Crippen molar-refractivity contribution < 1.29 is 14.3 Å². The molecule has 0 spiro atoms. The van der Waals surface area contributed by atoms with Crippen LogP contribution in [-0.4, -0.2) is 11.1 Å². The Balaban J connectivity index is 2.42. The molecule has 2 rings (SSSR count). The van der Waals surface area contributed by atoms with Crippen LogP contribution in [0.1, 0.15) is 15.9 Å². The van der Waals surface area contributed by atoms with Crippen LogP contribution in [0.4, 0.5) is 21.5 Å². The third-order valence-electron chi connectivity index (χ3n) is 2.67. The van der Waals surface area contributed by atoms with Crippen LogP contribution in [0, 0.1) is 12.7 Å². The highest BCUT2D eigenvalue weighted by atomic mass is 19.1. The zero-order valence-electron chi connectivity index (χ0n) is 10.3. The zero-order chi connectivity index (χ0) is 14.0. The Bertz CT molecular complexity index is 641. The lowest BCUT2D eigenvalue weighted by molar-refractivity contribution is 0.0698. The third kappa shape index (κ3) is 2.82. The van der Waals surface area contributed by atoms with Gasteiger partial charge in [-0.1, -0.05) is 6.07 Å². The van der Waals surface area contributed by atoms with Crippen molar-refractivity contribution in [3.63, 3.8) is 0 Å². The molecule has 0 saturated carbocycles. The molecule has 5 heteroatoms. The second kappa shape index (κ2) is 4.97. The lowest BCUT2D eigenvalue weighted by Crippen LogP contribution is -2.04. The number of nitrogens with one attached hydrogen (secondary N) is 1. The molecule has 2 aromatic rings. The van der Waals surface area contributed by atoms with Gasteiger partial charge in [0.15, 0.2) is 0 Å². The largest absolute Gasteiger partial charge is 0.478 e. The summed E-state index contributed by atoms with van der Waals surface area (Å²) in [6, 6.07) is 8.99. The van der Waals surface area contributed by atoms with Crippen molar-refractivity contribution in [1.29, 1.82) is 0 Å². The van der Waals surface area contributed by atoms with Crippen molar-refractivity contribution in [2.75, 3.05) is 11.1 Å². The van der Waals surface area contributed by atoms with E-state index in [2.05, 4.69) is 5.32 Å². The first-order valence-electron chi connectivity index (χ1n) is 5.63. The van der Waals surface area contributed by atoms with Crippen LogP contribution in [-0.2, 0) is 0 Å². The van der Waals surface area contributed by atoms with Gasteiger partial charge in [0.1, 0.15) is 5.82 Å². The Kier molecular flexibility index (Phi) is 3.37. The summed E-state index contributed by atoms with van der Waals surface area (Å²) in [6.07, 6.45) is 0. The molecule has 0 aliphatic rings. The minimum atomic E-state index is -1.10.